The molecule has 15 heavy (non-hydrogen) atoms. The Kier molecular flexibility index (Phi) is 3.66. The molecule has 0 radical (unpaired) electrons. The molecule has 0 fully saturated rings. The highest BCUT2D eigenvalue weighted by Gasteiger charge is 2.22. The zero-order valence-corrected chi connectivity index (χ0v) is 9.12. The second-order valence-electron chi connectivity index (χ2n) is 3.38. The molecule has 1 aromatic rings. The number of carboxylic acids is 1. The van der Waals surface area contributed by atoms with E-state index in [1.54, 1.807) is 14.1 Å². The fourth-order valence-corrected chi connectivity index (χ4v) is 1.53. The third-order valence-corrected chi connectivity index (χ3v) is 2.30. The van der Waals surface area contributed by atoms with Crippen molar-refractivity contribution in [1.29, 1.82) is 0 Å². The Hall–Kier alpha value is -1.13. The van der Waals surface area contributed by atoms with Crippen LogP contribution in [0.25, 0.3) is 0 Å². The molecule has 82 valence electrons. The molecular weight excluding hydrogens is 221 g/mol. The smallest absolute Gasteiger partial charge is 0.325 e. The quantitative estimate of drug-likeness (QED) is 0.867. The summed E-state index contributed by atoms with van der Waals surface area (Å²) in [5.74, 6) is -1.55. The Morgan fingerprint density at radius 1 is 1.53 bits per heavy atom. The van der Waals surface area contributed by atoms with Crippen LogP contribution in [-0.4, -0.2) is 30.1 Å². The highest BCUT2D eigenvalue weighted by molar-refractivity contribution is 6.30. The van der Waals surface area contributed by atoms with Gasteiger partial charge in [-0.25, -0.2) is 4.39 Å². The van der Waals surface area contributed by atoms with Crippen molar-refractivity contribution < 1.29 is 14.3 Å². The summed E-state index contributed by atoms with van der Waals surface area (Å²) in [6, 6.07) is 3.09. The first kappa shape index (κ1) is 11.9. The van der Waals surface area contributed by atoms with E-state index < -0.39 is 17.8 Å². The van der Waals surface area contributed by atoms with Crippen molar-refractivity contribution in [2.75, 3.05) is 14.1 Å². The molecular formula is C10H11ClFNO2. The molecule has 0 amide bonds. The fraction of sp³-hybridized carbons (Fsp3) is 0.300. The van der Waals surface area contributed by atoms with Crippen LogP contribution < -0.4 is 0 Å². The van der Waals surface area contributed by atoms with E-state index in [2.05, 4.69) is 0 Å². The van der Waals surface area contributed by atoms with Crippen molar-refractivity contribution in [2.45, 2.75) is 6.04 Å². The van der Waals surface area contributed by atoms with Gasteiger partial charge in [0.25, 0.3) is 0 Å². The molecule has 0 bridgehead atoms. The molecule has 0 saturated heterocycles. The van der Waals surface area contributed by atoms with Gasteiger partial charge in [0.15, 0.2) is 0 Å². The predicted octanol–water partition coefficient (Wildman–Crippen LogP) is 2.17. The van der Waals surface area contributed by atoms with Gasteiger partial charge >= 0.3 is 5.97 Å². The molecule has 1 aromatic carbocycles. The molecule has 1 rings (SSSR count). The van der Waals surface area contributed by atoms with E-state index in [-0.39, 0.29) is 5.02 Å². The molecule has 5 heteroatoms. The van der Waals surface area contributed by atoms with Crippen molar-refractivity contribution in [1.82, 2.24) is 4.90 Å². The topological polar surface area (TPSA) is 40.5 Å². The maximum atomic E-state index is 12.9. The monoisotopic (exact) mass is 231 g/mol. The standard InChI is InChI=1S/C10H11ClFNO2/c1-13(2)9(10(14)15)6-3-4-8(12)7(11)5-6/h3-5,9H,1-2H3,(H,14,15). The number of rotatable bonds is 3. The van der Waals surface area contributed by atoms with E-state index in [1.165, 1.54) is 17.0 Å². The molecule has 0 spiro atoms. The van der Waals surface area contributed by atoms with E-state index in [0.29, 0.717) is 5.56 Å². The number of carboxylic acid groups (broad SMARTS) is 1. The summed E-state index contributed by atoms with van der Waals surface area (Å²) in [7, 11) is 3.27. The maximum absolute atomic E-state index is 12.9. The summed E-state index contributed by atoms with van der Waals surface area (Å²) in [5.41, 5.74) is 0.457. The molecule has 0 aliphatic heterocycles. The number of carbonyl (C=O) groups is 1. The van der Waals surface area contributed by atoms with Gasteiger partial charge in [0.05, 0.1) is 5.02 Å². The van der Waals surface area contributed by atoms with Crippen molar-refractivity contribution in [3.8, 4) is 0 Å². The van der Waals surface area contributed by atoms with Gasteiger partial charge < -0.3 is 5.11 Å². The Labute approximate surface area is 92.1 Å². The van der Waals surface area contributed by atoms with Crippen molar-refractivity contribution in [2.24, 2.45) is 0 Å². The lowest BCUT2D eigenvalue weighted by Crippen LogP contribution is -2.27. The average molecular weight is 232 g/mol. The highest BCUT2D eigenvalue weighted by atomic mass is 35.5. The van der Waals surface area contributed by atoms with Gasteiger partial charge in [0, 0.05) is 0 Å². The van der Waals surface area contributed by atoms with E-state index >= 15 is 0 Å². The van der Waals surface area contributed by atoms with Crippen LogP contribution in [0.2, 0.25) is 5.02 Å². The second kappa shape index (κ2) is 4.59. The summed E-state index contributed by atoms with van der Waals surface area (Å²) in [5, 5.41) is 8.91. The predicted molar refractivity (Wildman–Crippen MR) is 55.5 cm³/mol. The second-order valence-corrected chi connectivity index (χ2v) is 3.79. The lowest BCUT2D eigenvalue weighted by atomic mass is 10.1. The molecule has 1 N–H and O–H groups in total. The van der Waals surface area contributed by atoms with Gasteiger partial charge in [-0.3, -0.25) is 9.69 Å². The first-order valence-electron chi connectivity index (χ1n) is 4.27. The zero-order valence-electron chi connectivity index (χ0n) is 8.37. The molecule has 1 unspecified atom stereocenters. The van der Waals surface area contributed by atoms with Crippen LogP contribution in [0.4, 0.5) is 4.39 Å². The Morgan fingerprint density at radius 2 is 2.13 bits per heavy atom. The third-order valence-electron chi connectivity index (χ3n) is 2.01. The molecule has 0 heterocycles. The molecule has 0 aliphatic carbocycles. The number of benzene rings is 1. The van der Waals surface area contributed by atoms with Crippen LogP contribution in [0.1, 0.15) is 11.6 Å². The van der Waals surface area contributed by atoms with Crippen LogP contribution in [0.3, 0.4) is 0 Å². The van der Waals surface area contributed by atoms with Gasteiger partial charge in [-0.05, 0) is 31.8 Å². The molecule has 0 saturated carbocycles. The first-order chi connectivity index (χ1) is 6.93. The van der Waals surface area contributed by atoms with Crippen LogP contribution in [-0.2, 0) is 4.79 Å². The minimum Gasteiger partial charge on any atom is -0.480 e. The minimum absolute atomic E-state index is 0.0689. The van der Waals surface area contributed by atoms with Gasteiger partial charge in [-0.15, -0.1) is 0 Å². The molecule has 0 aromatic heterocycles. The summed E-state index contributed by atoms with van der Waals surface area (Å²) in [6.45, 7) is 0. The number of halogens is 2. The summed E-state index contributed by atoms with van der Waals surface area (Å²) < 4.78 is 12.9. The number of nitrogens with zero attached hydrogens (tertiary/aromatic N) is 1. The molecule has 1 atom stereocenters. The zero-order chi connectivity index (χ0) is 11.6. The number of likely N-dealkylation sites (N-methyl/N-ethyl adjacent to an activating group) is 1. The fourth-order valence-electron chi connectivity index (χ4n) is 1.34. The van der Waals surface area contributed by atoms with E-state index in [1.807, 2.05) is 0 Å². The van der Waals surface area contributed by atoms with Crippen LogP contribution >= 0.6 is 11.6 Å². The number of aliphatic carboxylic acids is 1. The lowest BCUT2D eigenvalue weighted by Gasteiger charge is -2.20. The van der Waals surface area contributed by atoms with Crippen molar-refractivity contribution in [3.63, 3.8) is 0 Å². The van der Waals surface area contributed by atoms with Crippen LogP contribution in [0.5, 0.6) is 0 Å². The van der Waals surface area contributed by atoms with Gasteiger partial charge in [-0.2, -0.15) is 0 Å². The number of hydrogen-bond donors (Lipinski definition) is 1. The van der Waals surface area contributed by atoms with Gasteiger partial charge in [0.2, 0.25) is 0 Å². The average Bonchev–Trinajstić information content (AvgIpc) is 2.10. The van der Waals surface area contributed by atoms with E-state index in [9.17, 15) is 9.18 Å². The minimum atomic E-state index is -0.998. The molecule has 3 nitrogen and oxygen atoms in total. The molecule has 0 aliphatic rings. The van der Waals surface area contributed by atoms with Gasteiger partial charge in [0.1, 0.15) is 11.9 Å². The maximum Gasteiger partial charge on any atom is 0.325 e. The normalized spacial score (nSPS) is 12.9. The number of hydrogen-bond acceptors (Lipinski definition) is 2. The highest BCUT2D eigenvalue weighted by Crippen LogP contribution is 2.23. The summed E-state index contributed by atoms with van der Waals surface area (Å²) >= 11 is 5.58. The lowest BCUT2D eigenvalue weighted by molar-refractivity contribution is -0.142. The van der Waals surface area contributed by atoms with E-state index in [4.69, 9.17) is 16.7 Å². The summed E-state index contributed by atoms with van der Waals surface area (Å²) in [6.07, 6.45) is 0. The van der Waals surface area contributed by atoms with E-state index in [0.717, 1.165) is 6.07 Å². The Morgan fingerprint density at radius 3 is 2.53 bits per heavy atom. The largest absolute Gasteiger partial charge is 0.480 e. The van der Waals surface area contributed by atoms with Crippen LogP contribution in [0.15, 0.2) is 18.2 Å². The van der Waals surface area contributed by atoms with Crippen molar-refractivity contribution in [3.05, 3.63) is 34.6 Å². The SMILES string of the molecule is CN(C)C(C(=O)O)c1ccc(F)c(Cl)c1. The van der Waals surface area contributed by atoms with Crippen LogP contribution in [0, 0.1) is 5.82 Å². The Balaban J connectivity index is 3.12. The third kappa shape index (κ3) is 2.67. The van der Waals surface area contributed by atoms with Crippen molar-refractivity contribution >= 4 is 17.6 Å². The Bertz CT molecular complexity index is 382. The summed E-state index contributed by atoms with van der Waals surface area (Å²) in [4.78, 5) is 12.5. The first-order valence-corrected chi connectivity index (χ1v) is 4.65. The van der Waals surface area contributed by atoms with Gasteiger partial charge in [-0.1, -0.05) is 17.7 Å².